The zero-order valence-corrected chi connectivity index (χ0v) is 21.9. The van der Waals surface area contributed by atoms with Crippen LogP contribution in [-0.4, -0.2) is 43.9 Å². The molecular formula is C29H31FN6O2. The second-order valence-corrected chi connectivity index (χ2v) is 10.4. The fraction of sp³-hybridized carbons (Fsp3) is 0.310. The van der Waals surface area contributed by atoms with Crippen LogP contribution in [0.15, 0.2) is 61.1 Å². The summed E-state index contributed by atoms with van der Waals surface area (Å²) in [6, 6.07) is 15.2. The Morgan fingerprint density at radius 3 is 2.63 bits per heavy atom. The summed E-state index contributed by atoms with van der Waals surface area (Å²) in [6.45, 7) is 6.82. The van der Waals surface area contributed by atoms with Crippen molar-refractivity contribution in [2.75, 3.05) is 11.4 Å². The number of benzene rings is 1. The highest BCUT2D eigenvalue weighted by atomic mass is 19.1. The molecule has 0 saturated carbocycles. The van der Waals surface area contributed by atoms with Crippen LogP contribution in [0.25, 0.3) is 16.8 Å². The lowest BCUT2D eigenvalue weighted by Gasteiger charge is -2.32. The summed E-state index contributed by atoms with van der Waals surface area (Å²) in [4.78, 5) is 18.0. The summed E-state index contributed by atoms with van der Waals surface area (Å²) >= 11 is 0. The molecule has 8 nitrogen and oxygen atoms in total. The van der Waals surface area contributed by atoms with Crippen LogP contribution < -0.4 is 10.6 Å². The Hall–Kier alpha value is -4.29. The Morgan fingerprint density at radius 1 is 1.21 bits per heavy atom. The van der Waals surface area contributed by atoms with E-state index in [1.807, 2.05) is 24.3 Å². The van der Waals surface area contributed by atoms with Crippen LogP contribution >= 0.6 is 0 Å². The maximum atomic E-state index is 15.4. The number of hydrogen-bond donors (Lipinski definition) is 2. The molecule has 3 heterocycles. The quantitative estimate of drug-likeness (QED) is 0.331. The highest BCUT2D eigenvalue weighted by Gasteiger charge is 2.31. The molecule has 4 aromatic rings. The molecule has 3 aromatic heterocycles. The number of amides is 1. The maximum Gasteiger partial charge on any atom is 0.252 e. The SMILES string of the molecule is CC(C)Cc1cc(-c2ccc3cc(C#N)cnn23)cc(N(C[C@@H](F)C(C)(C)O)c2ccncc2C(N)=O)c1. The lowest BCUT2D eigenvalue weighted by molar-refractivity contribution is 0.00145. The number of carbonyl (C=O) groups is 1. The number of nitriles is 1. The third kappa shape index (κ3) is 5.66. The molecule has 0 unspecified atom stereocenters. The Morgan fingerprint density at radius 2 is 1.97 bits per heavy atom. The van der Waals surface area contributed by atoms with Crippen molar-refractivity contribution in [3.8, 4) is 17.3 Å². The van der Waals surface area contributed by atoms with Crippen LogP contribution in [0.5, 0.6) is 0 Å². The number of alkyl halides is 1. The maximum absolute atomic E-state index is 15.4. The van der Waals surface area contributed by atoms with E-state index in [-0.39, 0.29) is 12.1 Å². The van der Waals surface area contributed by atoms with Crippen molar-refractivity contribution in [2.24, 2.45) is 11.7 Å². The number of halogens is 1. The average Bonchev–Trinajstić information content (AvgIpc) is 3.29. The molecule has 0 radical (unpaired) electrons. The molecule has 38 heavy (non-hydrogen) atoms. The molecular weight excluding hydrogens is 483 g/mol. The molecule has 196 valence electrons. The first-order valence-electron chi connectivity index (χ1n) is 12.4. The molecule has 0 spiro atoms. The summed E-state index contributed by atoms with van der Waals surface area (Å²) < 4.78 is 17.1. The second kappa shape index (κ2) is 10.6. The summed E-state index contributed by atoms with van der Waals surface area (Å²) in [7, 11) is 0. The minimum absolute atomic E-state index is 0.144. The van der Waals surface area contributed by atoms with Crippen molar-refractivity contribution in [1.29, 1.82) is 5.26 Å². The van der Waals surface area contributed by atoms with Gasteiger partial charge in [-0.2, -0.15) is 10.4 Å². The van der Waals surface area contributed by atoms with E-state index in [1.165, 1.54) is 32.4 Å². The van der Waals surface area contributed by atoms with E-state index < -0.39 is 17.7 Å². The molecule has 0 aliphatic carbocycles. The molecule has 1 atom stereocenters. The highest BCUT2D eigenvalue weighted by molar-refractivity contribution is 5.99. The van der Waals surface area contributed by atoms with Crippen molar-refractivity contribution in [3.63, 3.8) is 0 Å². The lowest BCUT2D eigenvalue weighted by Crippen LogP contribution is -2.41. The van der Waals surface area contributed by atoms with Crippen molar-refractivity contribution in [2.45, 2.75) is 45.9 Å². The fourth-order valence-corrected chi connectivity index (χ4v) is 4.38. The van der Waals surface area contributed by atoms with Gasteiger partial charge >= 0.3 is 0 Å². The van der Waals surface area contributed by atoms with Gasteiger partial charge in [0.05, 0.1) is 46.4 Å². The van der Waals surface area contributed by atoms with Crippen LogP contribution in [0.4, 0.5) is 15.8 Å². The number of anilines is 2. The molecule has 0 saturated heterocycles. The Balaban J connectivity index is 1.94. The van der Waals surface area contributed by atoms with Crippen LogP contribution in [0, 0.1) is 17.2 Å². The van der Waals surface area contributed by atoms with E-state index >= 15 is 4.39 Å². The number of carbonyl (C=O) groups excluding carboxylic acids is 1. The summed E-state index contributed by atoms with van der Waals surface area (Å²) in [5.74, 6) is -0.343. The van der Waals surface area contributed by atoms with Crippen molar-refractivity contribution in [3.05, 3.63) is 77.7 Å². The van der Waals surface area contributed by atoms with Gasteiger partial charge in [-0.15, -0.1) is 0 Å². The summed E-state index contributed by atoms with van der Waals surface area (Å²) in [5, 5.41) is 24.1. The minimum atomic E-state index is -1.64. The number of fused-ring (bicyclic) bond motifs is 1. The second-order valence-electron chi connectivity index (χ2n) is 10.4. The number of aliphatic hydroxyl groups is 1. The van der Waals surface area contributed by atoms with Crippen LogP contribution in [-0.2, 0) is 6.42 Å². The topological polar surface area (TPSA) is 121 Å². The normalized spacial score (nSPS) is 12.5. The third-order valence-corrected chi connectivity index (χ3v) is 6.32. The number of rotatable bonds is 9. The van der Waals surface area contributed by atoms with E-state index in [0.29, 0.717) is 22.9 Å². The smallest absolute Gasteiger partial charge is 0.252 e. The molecule has 4 rings (SSSR count). The molecule has 0 aliphatic rings. The Kier molecular flexibility index (Phi) is 7.46. The van der Waals surface area contributed by atoms with Gasteiger partial charge < -0.3 is 15.7 Å². The molecule has 1 amide bonds. The van der Waals surface area contributed by atoms with Crippen LogP contribution in [0.1, 0.15) is 49.2 Å². The van der Waals surface area contributed by atoms with Crippen LogP contribution in [0.2, 0.25) is 0 Å². The van der Waals surface area contributed by atoms with E-state index in [0.717, 1.165) is 28.8 Å². The highest BCUT2D eigenvalue weighted by Crippen LogP contribution is 2.35. The predicted octanol–water partition coefficient (Wildman–Crippen LogP) is 4.81. The van der Waals surface area contributed by atoms with Gasteiger partial charge in [-0.1, -0.05) is 13.8 Å². The molecule has 0 aliphatic heterocycles. The largest absolute Gasteiger partial charge is 0.387 e. The van der Waals surface area contributed by atoms with Gasteiger partial charge in [-0.05, 0) is 74.2 Å². The zero-order chi connectivity index (χ0) is 27.6. The first-order valence-corrected chi connectivity index (χ1v) is 12.4. The molecule has 0 bridgehead atoms. The van der Waals surface area contributed by atoms with Crippen molar-refractivity contribution >= 4 is 22.8 Å². The van der Waals surface area contributed by atoms with Crippen molar-refractivity contribution in [1.82, 2.24) is 14.6 Å². The molecule has 0 fully saturated rings. The van der Waals surface area contributed by atoms with Gasteiger partial charge in [-0.25, -0.2) is 8.91 Å². The lowest BCUT2D eigenvalue weighted by atomic mass is 9.97. The number of nitrogens with zero attached hydrogens (tertiary/aromatic N) is 5. The number of pyridine rings is 1. The monoisotopic (exact) mass is 514 g/mol. The first-order chi connectivity index (χ1) is 18.0. The van der Waals surface area contributed by atoms with E-state index in [9.17, 15) is 15.2 Å². The van der Waals surface area contributed by atoms with E-state index in [4.69, 9.17) is 5.73 Å². The number of hydrogen-bond acceptors (Lipinski definition) is 6. The standard InChI is InChI=1S/C29H31FN6O2/c1-18(2)9-19-10-21(25-6-5-22-12-20(14-31)15-34-36(22)25)13-23(11-19)35(17-27(30)29(3,4)38)26-7-8-33-16-24(26)28(32)37/h5-8,10-13,15-16,18,27,38H,9,17H2,1-4H3,(H2,32,37)/t27-/m1/s1. The fourth-order valence-electron chi connectivity index (χ4n) is 4.38. The van der Waals surface area contributed by atoms with Crippen LogP contribution in [0.3, 0.4) is 0 Å². The summed E-state index contributed by atoms with van der Waals surface area (Å²) in [5.41, 5.74) is 9.05. The minimum Gasteiger partial charge on any atom is -0.387 e. The summed E-state index contributed by atoms with van der Waals surface area (Å²) in [6.07, 6.45) is 3.50. The average molecular weight is 515 g/mol. The van der Waals surface area contributed by atoms with Gasteiger partial charge in [-0.3, -0.25) is 9.78 Å². The zero-order valence-electron chi connectivity index (χ0n) is 21.9. The van der Waals surface area contributed by atoms with Gasteiger partial charge in [0.15, 0.2) is 0 Å². The predicted molar refractivity (Wildman–Crippen MR) is 145 cm³/mol. The number of aromatic nitrogens is 3. The number of primary amides is 1. The molecule has 9 heteroatoms. The van der Waals surface area contributed by atoms with E-state index in [2.05, 4.69) is 36.1 Å². The third-order valence-electron chi connectivity index (χ3n) is 6.32. The van der Waals surface area contributed by atoms with Gasteiger partial charge in [0.2, 0.25) is 0 Å². The number of nitrogens with two attached hydrogens (primary N) is 1. The van der Waals surface area contributed by atoms with Gasteiger partial charge in [0, 0.05) is 23.6 Å². The van der Waals surface area contributed by atoms with Gasteiger partial charge in [0.1, 0.15) is 12.2 Å². The van der Waals surface area contributed by atoms with Gasteiger partial charge in [0.25, 0.3) is 5.91 Å². The molecule has 3 N–H and O–H groups in total. The first kappa shape index (κ1) is 26.8. The Bertz CT molecular complexity index is 1520. The Labute approximate surface area is 221 Å². The molecule has 1 aromatic carbocycles. The van der Waals surface area contributed by atoms with E-state index in [1.54, 1.807) is 21.5 Å². The van der Waals surface area contributed by atoms with Crippen molar-refractivity contribution < 1.29 is 14.3 Å².